The number of hydrogen-bond donors (Lipinski definition) is 0. The highest BCUT2D eigenvalue weighted by Crippen LogP contribution is 2.20. The molecule has 0 fully saturated rings. The number of benzene rings is 1. The van der Waals surface area contributed by atoms with Gasteiger partial charge in [0.25, 0.3) is 5.24 Å². The lowest BCUT2D eigenvalue weighted by molar-refractivity contribution is -0.117. The Balaban J connectivity index is 2.82. The lowest BCUT2D eigenvalue weighted by Gasteiger charge is -2.12. The highest BCUT2D eigenvalue weighted by molar-refractivity contribution is 6.64. The van der Waals surface area contributed by atoms with Crippen molar-refractivity contribution >= 4 is 16.8 Å². The van der Waals surface area contributed by atoms with Crippen molar-refractivity contribution in [2.45, 2.75) is 26.9 Å². The summed E-state index contributed by atoms with van der Waals surface area (Å²) in [6, 6.07) is 5.79. The van der Waals surface area contributed by atoms with E-state index >= 15 is 0 Å². The first-order valence-corrected chi connectivity index (χ1v) is 4.81. The Morgan fingerprint density at radius 3 is 2.57 bits per heavy atom. The molecule has 14 heavy (non-hydrogen) atoms. The summed E-state index contributed by atoms with van der Waals surface area (Å²) in [6.45, 7) is 5.58. The first-order valence-electron chi connectivity index (χ1n) is 4.44. The van der Waals surface area contributed by atoms with Gasteiger partial charge in [0, 0.05) is 0 Å². The molecule has 0 aliphatic carbocycles. The van der Waals surface area contributed by atoms with Crippen molar-refractivity contribution < 1.29 is 9.53 Å². The van der Waals surface area contributed by atoms with E-state index in [1.165, 1.54) is 5.56 Å². The van der Waals surface area contributed by atoms with E-state index in [1.54, 1.807) is 6.92 Å². The van der Waals surface area contributed by atoms with Gasteiger partial charge >= 0.3 is 0 Å². The molecule has 0 aliphatic rings. The van der Waals surface area contributed by atoms with Crippen LogP contribution in [-0.4, -0.2) is 11.3 Å². The molecule has 76 valence electrons. The third kappa shape index (κ3) is 2.74. The second-order valence-corrected chi connectivity index (χ2v) is 3.71. The molecular weight excluding hydrogens is 200 g/mol. The van der Waals surface area contributed by atoms with Gasteiger partial charge in [-0.15, -0.1) is 0 Å². The molecule has 1 rings (SSSR count). The molecule has 0 spiro atoms. The van der Waals surface area contributed by atoms with Crippen LogP contribution in [0.3, 0.4) is 0 Å². The maximum Gasteiger partial charge on any atom is 0.262 e. The van der Waals surface area contributed by atoms with Crippen molar-refractivity contribution in [3.05, 3.63) is 29.3 Å². The van der Waals surface area contributed by atoms with Gasteiger partial charge in [0.2, 0.25) is 0 Å². The van der Waals surface area contributed by atoms with Gasteiger partial charge in [-0.3, -0.25) is 4.79 Å². The Morgan fingerprint density at radius 2 is 2.07 bits per heavy atom. The lowest BCUT2D eigenvalue weighted by Crippen LogP contribution is -2.19. The Labute approximate surface area is 88.8 Å². The fraction of sp³-hybridized carbons (Fsp3) is 0.364. The second-order valence-electron chi connectivity index (χ2n) is 3.33. The number of carbonyl (C=O) groups is 1. The van der Waals surface area contributed by atoms with Crippen LogP contribution in [0.25, 0.3) is 0 Å². The van der Waals surface area contributed by atoms with E-state index in [0.717, 1.165) is 5.56 Å². The van der Waals surface area contributed by atoms with Crippen LogP contribution in [0.4, 0.5) is 0 Å². The van der Waals surface area contributed by atoms with Crippen molar-refractivity contribution in [1.29, 1.82) is 0 Å². The standard InChI is InChI=1S/C11H13ClO2/c1-7-4-5-10(8(2)6-7)14-9(3)11(12)13/h4-6,9H,1-3H3/t9-/m1/s1. The van der Waals surface area contributed by atoms with Gasteiger partial charge in [0.05, 0.1) is 0 Å². The number of hydrogen-bond acceptors (Lipinski definition) is 2. The van der Waals surface area contributed by atoms with Crippen molar-refractivity contribution in [3.8, 4) is 5.75 Å². The monoisotopic (exact) mass is 212 g/mol. The Kier molecular flexibility index (Phi) is 3.53. The molecule has 1 aromatic rings. The average Bonchev–Trinajstić information content (AvgIpc) is 2.09. The van der Waals surface area contributed by atoms with Gasteiger partial charge < -0.3 is 4.74 Å². The fourth-order valence-electron chi connectivity index (χ4n) is 1.17. The van der Waals surface area contributed by atoms with E-state index in [9.17, 15) is 4.79 Å². The van der Waals surface area contributed by atoms with Crippen LogP contribution in [-0.2, 0) is 4.79 Å². The van der Waals surface area contributed by atoms with E-state index in [1.807, 2.05) is 32.0 Å². The maximum absolute atomic E-state index is 10.8. The van der Waals surface area contributed by atoms with Crippen LogP contribution in [0.15, 0.2) is 18.2 Å². The van der Waals surface area contributed by atoms with Gasteiger partial charge in [-0.1, -0.05) is 17.7 Å². The first kappa shape index (κ1) is 11.1. The molecule has 1 atom stereocenters. The highest BCUT2D eigenvalue weighted by Gasteiger charge is 2.12. The molecule has 0 saturated carbocycles. The van der Waals surface area contributed by atoms with Crippen LogP contribution in [0.1, 0.15) is 18.1 Å². The third-order valence-corrected chi connectivity index (χ3v) is 2.26. The molecule has 0 aliphatic heterocycles. The molecule has 3 heteroatoms. The van der Waals surface area contributed by atoms with Gasteiger partial charge in [0.1, 0.15) is 5.75 Å². The Morgan fingerprint density at radius 1 is 1.43 bits per heavy atom. The molecule has 0 saturated heterocycles. The Bertz CT molecular complexity index is 347. The predicted molar refractivity (Wildman–Crippen MR) is 56.9 cm³/mol. The minimum absolute atomic E-state index is 0.482. The van der Waals surface area contributed by atoms with Gasteiger partial charge in [-0.25, -0.2) is 0 Å². The summed E-state index contributed by atoms with van der Waals surface area (Å²) >= 11 is 5.30. The zero-order chi connectivity index (χ0) is 10.7. The predicted octanol–water partition coefficient (Wildman–Crippen LogP) is 2.84. The summed E-state index contributed by atoms with van der Waals surface area (Å²) in [5.41, 5.74) is 2.18. The van der Waals surface area contributed by atoms with E-state index in [2.05, 4.69) is 0 Å². The van der Waals surface area contributed by atoms with Gasteiger partial charge in [-0.2, -0.15) is 0 Å². The fourth-order valence-corrected chi connectivity index (χ4v) is 1.21. The summed E-state index contributed by atoms with van der Waals surface area (Å²) in [5, 5.41) is -0.482. The number of carbonyl (C=O) groups excluding carboxylic acids is 1. The zero-order valence-corrected chi connectivity index (χ0v) is 9.26. The molecule has 0 heterocycles. The van der Waals surface area contributed by atoms with Crippen molar-refractivity contribution in [2.24, 2.45) is 0 Å². The van der Waals surface area contributed by atoms with Crippen molar-refractivity contribution in [1.82, 2.24) is 0 Å². The molecule has 0 N–H and O–H groups in total. The minimum Gasteiger partial charge on any atom is -0.481 e. The van der Waals surface area contributed by atoms with Crippen LogP contribution in [0.5, 0.6) is 5.75 Å². The van der Waals surface area contributed by atoms with Crippen LogP contribution in [0, 0.1) is 13.8 Å². The van der Waals surface area contributed by atoms with Gasteiger partial charge in [0.15, 0.2) is 6.10 Å². The number of rotatable bonds is 3. The zero-order valence-electron chi connectivity index (χ0n) is 8.50. The molecule has 0 aromatic heterocycles. The lowest BCUT2D eigenvalue weighted by atomic mass is 10.1. The molecule has 1 aromatic carbocycles. The third-order valence-electron chi connectivity index (χ3n) is 1.95. The first-order chi connectivity index (χ1) is 6.50. The van der Waals surface area contributed by atoms with E-state index in [0.29, 0.717) is 5.75 Å². The van der Waals surface area contributed by atoms with Crippen molar-refractivity contribution in [2.75, 3.05) is 0 Å². The summed E-state index contributed by atoms with van der Waals surface area (Å²) in [6.07, 6.45) is -0.599. The van der Waals surface area contributed by atoms with E-state index in [-0.39, 0.29) is 0 Å². The summed E-state index contributed by atoms with van der Waals surface area (Å²) in [7, 11) is 0. The van der Waals surface area contributed by atoms with Gasteiger partial charge in [-0.05, 0) is 44.0 Å². The molecule has 0 bridgehead atoms. The topological polar surface area (TPSA) is 26.3 Å². The molecule has 0 unspecified atom stereocenters. The quantitative estimate of drug-likeness (QED) is 0.721. The molecule has 0 radical (unpaired) electrons. The normalized spacial score (nSPS) is 12.3. The molecule has 2 nitrogen and oxygen atoms in total. The van der Waals surface area contributed by atoms with Crippen LogP contribution in [0.2, 0.25) is 0 Å². The highest BCUT2D eigenvalue weighted by atomic mass is 35.5. The second kappa shape index (κ2) is 4.47. The molecule has 0 amide bonds. The van der Waals surface area contributed by atoms with E-state index in [4.69, 9.17) is 16.3 Å². The summed E-state index contributed by atoms with van der Waals surface area (Å²) < 4.78 is 5.38. The number of ether oxygens (including phenoxy) is 1. The number of aryl methyl sites for hydroxylation is 2. The SMILES string of the molecule is Cc1ccc(O[C@H](C)C(=O)Cl)c(C)c1. The number of halogens is 1. The summed E-state index contributed by atoms with van der Waals surface area (Å²) in [4.78, 5) is 10.8. The average molecular weight is 213 g/mol. The Hall–Kier alpha value is -1.02. The molecular formula is C11H13ClO2. The minimum atomic E-state index is -0.599. The van der Waals surface area contributed by atoms with E-state index < -0.39 is 11.3 Å². The smallest absolute Gasteiger partial charge is 0.262 e. The largest absolute Gasteiger partial charge is 0.481 e. The van der Waals surface area contributed by atoms with Crippen LogP contribution >= 0.6 is 11.6 Å². The maximum atomic E-state index is 10.8. The van der Waals surface area contributed by atoms with Crippen molar-refractivity contribution in [3.63, 3.8) is 0 Å². The summed E-state index contributed by atoms with van der Waals surface area (Å²) in [5.74, 6) is 0.706. The van der Waals surface area contributed by atoms with Crippen LogP contribution < -0.4 is 4.74 Å².